The highest BCUT2D eigenvalue weighted by Crippen LogP contribution is 2.18. The van der Waals surface area contributed by atoms with Gasteiger partial charge in [-0.05, 0) is 25.0 Å². The van der Waals surface area contributed by atoms with Crippen LogP contribution in [0.25, 0.3) is 11.0 Å². The van der Waals surface area contributed by atoms with Crippen LogP contribution in [0.4, 0.5) is 5.82 Å². The third-order valence-corrected chi connectivity index (χ3v) is 3.97. The molecule has 7 heteroatoms. The molecule has 1 amide bonds. The Morgan fingerprint density at radius 3 is 2.84 bits per heavy atom. The first-order chi connectivity index (χ1) is 12.2. The maximum atomic E-state index is 12.3. The molecule has 0 radical (unpaired) electrons. The number of nitrogens with one attached hydrogen (secondary N) is 2. The molecule has 1 aromatic carbocycles. The summed E-state index contributed by atoms with van der Waals surface area (Å²) >= 11 is 0. The van der Waals surface area contributed by atoms with Gasteiger partial charge in [-0.25, -0.2) is 14.6 Å². The van der Waals surface area contributed by atoms with Crippen LogP contribution in [0.2, 0.25) is 0 Å². The van der Waals surface area contributed by atoms with E-state index >= 15 is 0 Å². The second-order valence-corrected chi connectivity index (χ2v) is 5.82. The van der Waals surface area contributed by atoms with Crippen molar-refractivity contribution in [3.63, 3.8) is 0 Å². The van der Waals surface area contributed by atoms with Gasteiger partial charge in [0.2, 0.25) is 0 Å². The molecule has 0 aliphatic rings. The number of benzene rings is 1. The molecule has 0 atom stereocenters. The van der Waals surface area contributed by atoms with Crippen LogP contribution in [0, 0.1) is 6.92 Å². The topological polar surface area (TPSA) is 84.7 Å². The summed E-state index contributed by atoms with van der Waals surface area (Å²) in [6.07, 6.45) is 4.31. The fourth-order valence-electron chi connectivity index (χ4n) is 2.64. The Labute approximate surface area is 146 Å². The number of anilines is 1. The monoisotopic (exact) mass is 338 g/mol. The Kier molecular flexibility index (Phi) is 5.23. The molecule has 2 N–H and O–H groups in total. The number of aromatic nitrogens is 4. The molecule has 0 saturated heterocycles. The van der Waals surface area contributed by atoms with E-state index in [1.54, 1.807) is 10.9 Å². The van der Waals surface area contributed by atoms with Crippen molar-refractivity contribution in [3.8, 4) is 0 Å². The van der Waals surface area contributed by atoms with Crippen molar-refractivity contribution < 1.29 is 4.79 Å². The quantitative estimate of drug-likeness (QED) is 0.691. The minimum absolute atomic E-state index is 0.0745. The van der Waals surface area contributed by atoms with Crippen LogP contribution in [-0.2, 0) is 6.54 Å². The number of hydrogen-bond donors (Lipinski definition) is 2. The van der Waals surface area contributed by atoms with Crippen LogP contribution in [0.1, 0.15) is 29.3 Å². The highest BCUT2D eigenvalue weighted by molar-refractivity contribution is 5.95. The summed E-state index contributed by atoms with van der Waals surface area (Å²) < 4.78 is 1.78. The Morgan fingerprint density at radius 2 is 2.04 bits per heavy atom. The largest absolute Gasteiger partial charge is 0.369 e. The first-order valence-electron chi connectivity index (χ1n) is 8.45. The summed E-state index contributed by atoms with van der Waals surface area (Å²) in [6, 6.07) is 7.54. The van der Waals surface area contributed by atoms with Crippen molar-refractivity contribution in [2.24, 2.45) is 0 Å². The van der Waals surface area contributed by atoms with E-state index in [1.165, 1.54) is 6.33 Å². The van der Waals surface area contributed by atoms with E-state index in [2.05, 4.69) is 32.6 Å². The molecule has 3 rings (SSSR count). The summed E-state index contributed by atoms with van der Waals surface area (Å²) in [5.41, 5.74) is 2.42. The van der Waals surface area contributed by atoms with Crippen molar-refractivity contribution in [1.29, 1.82) is 0 Å². The number of aryl methyl sites for hydroxylation is 1. The van der Waals surface area contributed by atoms with Crippen LogP contribution in [-0.4, -0.2) is 38.7 Å². The van der Waals surface area contributed by atoms with Crippen molar-refractivity contribution >= 4 is 22.8 Å². The first kappa shape index (κ1) is 16.9. The molecule has 7 nitrogen and oxygen atoms in total. The summed E-state index contributed by atoms with van der Waals surface area (Å²) in [5.74, 6) is 0.719. The fraction of sp³-hybridized carbons (Fsp3) is 0.333. The molecule has 0 saturated carbocycles. The lowest BCUT2D eigenvalue weighted by Gasteiger charge is -2.08. The fourth-order valence-corrected chi connectivity index (χ4v) is 2.64. The average molecular weight is 338 g/mol. The van der Waals surface area contributed by atoms with E-state index in [0.29, 0.717) is 18.7 Å². The summed E-state index contributed by atoms with van der Waals surface area (Å²) in [7, 11) is 0. The Morgan fingerprint density at radius 1 is 1.20 bits per heavy atom. The predicted octanol–water partition coefficient (Wildman–Crippen LogP) is 2.39. The maximum Gasteiger partial charge on any atom is 0.251 e. The lowest BCUT2D eigenvalue weighted by atomic mass is 10.1. The van der Waals surface area contributed by atoms with E-state index in [-0.39, 0.29) is 5.91 Å². The number of rotatable bonds is 7. The van der Waals surface area contributed by atoms with E-state index in [1.807, 2.05) is 31.2 Å². The van der Waals surface area contributed by atoms with Crippen molar-refractivity contribution in [2.45, 2.75) is 26.8 Å². The number of fused-ring (bicyclic) bond motifs is 1. The smallest absolute Gasteiger partial charge is 0.251 e. The molecule has 130 valence electrons. The maximum absolute atomic E-state index is 12.3. The predicted molar refractivity (Wildman–Crippen MR) is 97.6 cm³/mol. The number of hydrogen-bond acceptors (Lipinski definition) is 5. The standard InChI is InChI=1S/C18H22N6O/c1-3-8-19-16-15-11-23-24(17(15)22-12-21-16)10-9-20-18(25)14-7-5-4-6-13(14)2/h4-7,11-12H,3,8-10H2,1-2H3,(H,20,25)(H,19,21,22). The van der Waals surface area contributed by atoms with Crippen molar-refractivity contribution in [2.75, 3.05) is 18.4 Å². The zero-order valence-electron chi connectivity index (χ0n) is 14.5. The first-order valence-corrected chi connectivity index (χ1v) is 8.45. The van der Waals surface area contributed by atoms with E-state index in [9.17, 15) is 4.79 Å². The van der Waals surface area contributed by atoms with Crippen LogP contribution in [0.5, 0.6) is 0 Å². The van der Waals surface area contributed by atoms with Gasteiger partial charge in [-0.15, -0.1) is 0 Å². The van der Waals surface area contributed by atoms with Gasteiger partial charge in [0.25, 0.3) is 5.91 Å². The second-order valence-electron chi connectivity index (χ2n) is 5.82. The van der Waals surface area contributed by atoms with Gasteiger partial charge in [-0.3, -0.25) is 4.79 Å². The average Bonchev–Trinajstić information content (AvgIpc) is 3.04. The zero-order chi connectivity index (χ0) is 17.6. The molecular weight excluding hydrogens is 316 g/mol. The third kappa shape index (κ3) is 3.76. The molecular formula is C18H22N6O. The van der Waals surface area contributed by atoms with E-state index < -0.39 is 0 Å². The van der Waals surface area contributed by atoms with Gasteiger partial charge >= 0.3 is 0 Å². The second kappa shape index (κ2) is 7.74. The van der Waals surface area contributed by atoms with E-state index in [4.69, 9.17) is 0 Å². The lowest BCUT2D eigenvalue weighted by molar-refractivity contribution is 0.0951. The van der Waals surface area contributed by atoms with Gasteiger partial charge in [-0.2, -0.15) is 5.10 Å². The molecule has 0 aliphatic heterocycles. The molecule has 25 heavy (non-hydrogen) atoms. The molecule has 0 unspecified atom stereocenters. The van der Waals surface area contributed by atoms with Crippen LogP contribution < -0.4 is 10.6 Å². The normalized spacial score (nSPS) is 10.8. The highest BCUT2D eigenvalue weighted by Gasteiger charge is 2.11. The van der Waals surface area contributed by atoms with Crippen molar-refractivity contribution in [1.82, 2.24) is 25.1 Å². The molecule has 2 heterocycles. The number of carbonyl (C=O) groups excluding carboxylic acids is 1. The van der Waals surface area contributed by atoms with Crippen LogP contribution in [0.3, 0.4) is 0 Å². The third-order valence-electron chi connectivity index (χ3n) is 3.97. The van der Waals surface area contributed by atoms with Gasteiger partial charge in [0.1, 0.15) is 12.1 Å². The molecule has 0 bridgehead atoms. The minimum Gasteiger partial charge on any atom is -0.369 e. The molecule has 0 spiro atoms. The molecule has 2 aromatic heterocycles. The lowest BCUT2D eigenvalue weighted by Crippen LogP contribution is -2.28. The van der Waals surface area contributed by atoms with Gasteiger partial charge in [-0.1, -0.05) is 25.1 Å². The van der Waals surface area contributed by atoms with Gasteiger partial charge in [0.15, 0.2) is 5.65 Å². The summed E-state index contributed by atoms with van der Waals surface area (Å²) in [6.45, 7) is 5.91. The van der Waals surface area contributed by atoms with Crippen LogP contribution in [0.15, 0.2) is 36.8 Å². The summed E-state index contributed by atoms with van der Waals surface area (Å²) in [4.78, 5) is 20.8. The molecule has 3 aromatic rings. The molecule has 0 fully saturated rings. The number of amides is 1. The van der Waals surface area contributed by atoms with Crippen molar-refractivity contribution in [3.05, 3.63) is 47.9 Å². The van der Waals surface area contributed by atoms with E-state index in [0.717, 1.165) is 35.4 Å². The highest BCUT2D eigenvalue weighted by atomic mass is 16.1. The Balaban J connectivity index is 1.66. The molecule has 0 aliphatic carbocycles. The van der Waals surface area contributed by atoms with Gasteiger partial charge in [0.05, 0.1) is 18.1 Å². The number of nitrogens with zero attached hydrogens (tertiary/aromatic N) is 4. The number of carbonyl (C=O) groups is 1. The van der Waals surface area contributed by atoms with Gasteiger partial charge < -0.3 is 10.6 Å². The zero-order valence-corrected chi connectivity index (χ0v) is 14.5. The van der Waals surface area contributed by atoms with Crippen LogP contribution >= 0.6 is 0 Å². The Bertz CT molecular complexity index is 873. The SMILES string of the molecule is CCCNc1ncnc2c1cnn2CCNC(=O)c1ccccc1C. The minimum atomic E-state index is -0.0745. The van der Waals surface area contributed by atoms with Gasteiger partial charge in [0, 0.05) is 18.7 Å². The Hall–Kier alpha value is -2.96. The summed E-state index contributed by atoms with van der Waals surface area (Å²) in [5, 5.41) is 11.5.